The first-order chi connectivity index (χ1) is 9.99. The number of hydrogen-bond acceptors (Lipinski definition) is 3. The van der Waals surface area contributed by atoms with Crippen LogP contribution in [0.3, 0.4) is 0 Å². The molecule has 0 aromatic heterocycles. The van der Waals surface area contributed by atoms with E-state index in [0.717, 1.165) is 5.69 Å². The third-order valence-electron chi connectivity index (χ3n) is 3.04. The first-order valence-corrected chi connectivity index (χ1v) is 6.40. The van der Waals surface area contributed by atoms with Crippen LogP contribution in [0.1, 0.15) is 15.9 Å². The molecule has 0 saturated carbocycles. The van der Waals surface area contributed by atoms with Gasteiger partial charge in [-0.1, -0.05) is 18.2 Å². The fourth-order valence-corrected chi connectivity index (χ4v) is 1.87. The van der Waals surface area contributed by atoms with Gasteiger partial charge in [0.25, 0.3) is 0 Å². The number of anilines is 1. The van der Waals surface area contributed by atoms with Gasteiger partial charge in [0.15, 0.2) is 0 Å². The van der Waals surface area contributed by atoms with Crippen LogP contribution in [0, 0.1) is 5.82 Å². The number of benzene rings is 2. The van der Waals surface area contributed by atoms with Crippen molar-refractivity contribution in [2.45, 2.75) is 6.61 Å². The second-order valence-corrected chi connectivity index (χ2v) is 4.76. The topological polar surface area (TPSA) is 49.8 Å². The summed E-state index contributed by atoms with van der Waals surface area (Å²) in [6.07, 6.45) is 0. The zero-order chi connectivity index (χ0) is 15.4. The van der Waals surface area contributed by atoms with E-state index in [1.165, 1.54) is 18.2 Å². The summed E-state index contributed by atoms with van der Waals surface area (Å²) in [6.45, 7) is -0.0240. The zero-order valence-corrected chi connectivity index (χ0v) is 11.8. The highest BCUT2D eigenvalue weighted by Gasteiger charge is 2.14. The molecule has 0 unspecified atom stereocenters. The van der Waals surface area contributed by atoms with Gasteiger partial charge in [-0.2, -0.15) is 0 Å². The number of nitrogens with zero attached hydrogens (tertiary/aromatic N) is 1. The van der Waals surface area contributed by atoms with Gasteiger partial charge in [-0.05, 0) is 18.2 Å². The maximum absolute atomic E-state index is 14.0. The van der Waals surface area contributed by atoms with Gasteiger partial charge in [-0.25, -0.2) is 9.18 Å². The monoisotopic (exact) mass is 289 g/mol. The molecule has 0 fully saturated rings. The van der Waals surface area contributed by atoms with E-state index in [1.807, 2.05) is 37.2 Å². The Hall–Kier alpha value is -2.56. The molecule has 0 saturated heterocycles. The molecule has 2 aromatic carbocycles. The summed E-state index contributed by atoms with van der Waals surface area (Å²) in [5.74, 6) is -1.45. The van der Waals surface area contributed by atoms with Crippen LogP contribution in [0.15, 0.2) is 42.5 Å². The second kappa shape index (κ2) is 6.26. The molecule has 110 valence electrons. The van der Waals surface area contributed by atoms with Gasteiger partial charge < -0.3 is 14.7 Å². The molecule has 0 radical (unpaired) electrons. The van der Waals surface area contributed by atoms with Gasteiger partial charge in [0, 0.05) is 31.4 Å². The lowest BCUT2D eigenvalue weighted by Gasteiger charge is -2.14. The maximum Gasteiger partial charge on any atom is 0.338 e. The van der Waals surface area contributed by atoms with E-state index in [0.29, 0.717) is 5.75 Å². The van der Waals surface area contributed by atoms with Gasteiger partial charge in [-0.15, -0.1) is 0 Å². The molecule has 0 atom stereocenters. The Balaban J connectivity index is 2.15. The summed E-state index contributed by atoms with van der Waals surface area (Å²) >= 11 is 0. The van der Waals surface area contributed by atoms with Gasteiger partial charge in [0.05, 0.1) is 5.56 Å². The molecule has 2 rings (SSSR count). The van der Waals surface area contributed by atoms with Crippen LogP contribution in [0.2, 0.25) is 0 Å². The molecule has 0 spiro atoms. The Kier molecular flexibility index (Phi) is 4.42. The maximum atomic E-state index is 14.0. The van der Waals surface area contributed by atoms with Crippen molar-refractivity contribution in [2.24, 2.45) is 0 Å². The molecule has 2 aromatic rings. The average molecular weight is 289 g/mol. The fraction of sp³-hybridized carbons (Fsp3) is 0.188. The molecule has 5 heteroatoms. The highest BCUT2D eigenvalue weighted by molar-refractivity contribution is 5.88. The third kappa shape index (κ3) is 3.51. The third-order valence-corrected chi connectivity index (χ3v) is 3.04. The first-order valence-electron chi connectivity index (χ1n) is 6.40. The van der Waals surface area contributed by atoms with Crippen molar-refractivity contribution in [1.29, 1.82) is 0 Å². The normalized spacial score (nSPS) is 10.2. The molecule has 21 heavy (non-hydrogen) atoms. The zero-order valence-electron chi connectivity index (χ0n) is 11.8. The second-order valence-electron chi connectivity index (χ2n) is 4.76. The Morgan fingerprint density at radius 3 is 2.62 bits per heavy atom. The molecule has 0 bridgehead atoms. The van der Waals surface area contributed by atoms with Crippen molar-refractivity contribution in [3.8, 4) is 5.75 Å². The lowest BCUT2D eigenvalue weighted by Crippen LogP contribution is -2.09. The molecule has 0 heterocycles. The number of carbonyl (C=O) groups is 1. The highest BCUT2D eigenvalue weighted by atomic mass is 19.1. The predicted molar refractivity (Wildman–Crippen MR) is 78.5 cm³/mol. The summed E-state index contributed by atoms with van der Waals surface area (Å²) in [5, 5.41) is 8.89. The number of rotatable bonds is 5. The van der Waals surface area contributed by atoms with E-state index in [2.05, 4.69) is 0 Å². The van der Waals surface area contributed by atoms with Crippen LogP contribution in [0.5, 0.6) is 5.75 Å². The molecular formula is C16H16FNO3. The van der Waals surface area contributed by atoms with E-state index >= 15 is 0 Å². The number of carboxylic acids is 1. The minimum absolute atomic E-state index is 0.0240. The smallest absolute Gasteiger partial charge is 0.338 e. The van der Waals surface area contributed by atoms with Crippen molar-refractivity contribution in [3.63, 3.8) is 0 Å². The average Bonchev–Trinajstić information content (AvgIpc) is 2.46. The van der Waals surface area contributed by atoms with E-state index in [9.17, 15) is 9.18 Å². The van der Waals surface area contributed by atoms with Crippen LogP contribution in [0.25, 0.3) is 0 Å². The quantitative estimate of drug-likeness (QED) is 0.918. The summed E-state index contributed by atoms with van der Waals surface area (Å²) in [5.41, 5.74) is 0.829. The Labute approximate surface area is 122 Å². The lowest BCUT2D eigenvalue weighted by molar-refractivity contribution is 0.0691. The number of halogens is 1. The number of carboxylic acid groups (broad SMARTS) is 1. The van der Waals surface area contributed by atoms with Crippen LogP contribution < -0.4 is 9.64 Å². The van der Waals surface area contributed by atoms with Crippen molar-refractivity contribution < 1.29 is 19.0 Å². The molecule has 0 aliphatic rings. The molecule has 0 aliphatic carbocycles. The molecule has 0 aliphatic heterocycles. The van der Waals surface area contributed by atoms with Crippen LogP contribution in [0.4, 0.5) is 10.1 Å². The Morgan fingerprint density at radius 2 is 1.95 bits per heavy atom. The van der Waals surface area contributed by atoms with E-state index in [1.54, 1.807) is 6.07 Å². The minimum atomic E-state index is -1.29. The van der Waals surface area contributed by atoms with Crippen LogP contribution >= 0.6 is 0 Å². The van der Waals surface area contributed by atoms with Gasteiger partial charge in [-0.3, -0.25) is 0 Å². The van der Waals surface area contributed by atoms with Gasteiger partial charge >= 0.3 is 5.97 Å². The summed E-state index contributed by atoms with van der Waals surface area (Å²) in [4.78, 5) is 12.8. The van der Waals surface area contributed by atoms with Crippen molar-refractivity contribution >= 4 is 11.7 Å². The number of aromatic carboxylic acids is 1. The number of hydrogen-bond donors (Lipinski definition) is 1. The van der Waals surface area contributed by atoms with Gasteiger partial charge in [0.1, 0.15) is 18.2 Å². The van der Waals surface area contributed by atoms with Gasteiger partial charge in [0.2, 0.25) is 0 Å². The molecule has 0 amide bonds. The first kappa shape index (κ1) is 14.8. The van der Waals surface area contributed by atoms with Crippen molar-refractivity contribution in [2.75, 3.05) is 19.0 Å². The summed E-state index contributed by atoms with van der Waals surface area (Å²) in [7, 11) is 3.82. The van der Waals surface area contributed by atoms with E-state index in [-0.39, 0.29) is 17.7 Å². The summed E-state index contributed by atoms with van der Waals surface area (Å²) in [6, 6.07) is 11.6. The van der Waals surface area contributed by atoms with E-state index < -0.39 is 11.8 Å². The molecular weight excluding hydrogens is 273 g/mol. The van der Waals surface area contributed by atoms with Crippen molar-refractivity contribution in [1.82, 2.24) is 0 Å². The van der Waals surface area contributed by atoms with Crippen LogP contribution in [-0.4, -0.2) is 25.2 Å². The fourth-order valence-electron chi connectivity index (χ4n) is 1.87. The molecule has 4 nitrogen and oxygen atoms in total. The predicted octanol–water partition coefficient (Wildman–Crippen LogP) is 3.17. The SMILES string of the molecule is CN(C)c1cccc(OCc2cccc(C(=O)O)c2F)c1. The van der Waals surface area contributed by atoms with E-state index in [4.69, 9.17) is 9.84 Å². The standard InChI is InChI=1S/C16H16FNO3/c1-18(2)12-6-4-7-13(9-12)21-10-11-5-3-8-14(15(11)17)16(19)20/h3-9H,10H2,1-2H3,(H,19,20). The highest BCUT2D eigenvalue weighted by Crippen LogP contribution is 2.21. The Morgan fingerprint density at radius 1 is 1.24 bits per heavy atom. The largest absolute Gasteiger partial charge is 0.489 e. The summed E-state index contributed by atoms with van der Waals surface area (Å²) < 4.78 is 19.5. The molecule has 1 N–H and O–H groups in total. The lowest BCUT2D eigenvalue weighted by atomic mass is 10.1. The number of ether oxygens (including phenoxy) is 1. The van der Waals surface area contributed by atoms with Crippen molar-refractivity contribution in [3.05, 3.63) is 59.4 Å². The van der Waals surface area contributed by atoms with Crippen LogP contribution in [-0.2, 0) is 6.61 Å². The Bertz CT molecular complexity index is 656. The minimum Gasteiger partial charge on any atom is -0.489 e.